The molecule has 1 amide bonds. The fourth-order valence-corrected chi connectivity index (χ4v) is 2.08. The van der Waals surface area contributed by atoms with Crippen molar-refractivity contribution in [3.05, 3.63) is 65.7 Å². The molecule has 1 unspecified atom stereocenters. The Kier molecular flexibility index (Phi) is 4.57. The molecule has 100 valence electrons. The third-order valence-corrected chi connectivity index (χ3v) is 3.17. The van der Waals surface area contributed by atoms with Crippen molar-refractivity contribution in [2.45, 2.75) is 19.3 Å². The van der Waals surface area contributed by atoms with E-state index in [0.717, 1.165) is 11.3 Å². The summed E-state index contributed by atoms with van der Waals surface area (Å²) in [5.74, 6) is 2.74. The lowest BCUT2D eigenvalue weighted by molar-refractivity contribution is -0.116. The van der Waals surface area contributed by atoms with Gasteiger partial charge in [-0.05, 0) is 29.7 Å². The molecule has 2 rings (SSSR count). The quantitative estimate of drug-likeness (QED) is 0.835. The molecule has 0 saturated heterocycles. The summed E-state index contributed by atoms with van der Waals surface area (Å²) in [5.41, 5.74) is 2.67. The van der Waals surface area contributed by atoms with Gasteiger partial charge < -0.3 is 5.32 Å². The second kappa shape index (κ2) is 6.58. The Balaban J connectivity index is 1.97. The Morgan fingerprint density at radius 2 is 1.95 bits per heavy atom. The van der Waals surface area contributed by atoms with E-state index in [1.54, 1.807) is 6.07 Å². The Morgan fingerprint density at radius 3 is 2.65 bits per heavy atom. The van der Waals surface area contributed by atoms with Crippen molar-refractivity contribution in [2.24, 2.45) is 0 Å². The Morgan fingerprint density at radius 1 is 1.20 bits per heavy atom. The molecule has 0 aliphatic heterocycles. The third kappa shape index (κ3) is 3.73. The van der Waals surface area contributed by atoms with Gasteiger partial charge in [0.05, 0.1) is 0 Å². The maximum absolute atomic E-state index is 12.0. The van der Waals surface area contributed by atoms with E-state index < -0.39 is 0 Å². The molecule has 0 fully saturated rings. The van der Waals surface area contributed by atoms with E-state index in [4.69, 9.17) is 6.42 Å². The first-order chi connectivity index (χ1) is 9.69. The molecule has 0 aliphatic rings. The molecule has 1 N–H and O–H groups in total. The first-order valence-corrected chi connectivity index (χ1v) is 6.60. The highest BCUT2D eigenvalue weighted by Gasteiger charge is 2.11. The minimum absolute atomic E-state index is 0.00414. The van der Waals surface area contributed by atoms with Crippen LogP contribution in [0.4, 0.5) is 5.69 Å². The van der Waals surface area contributed by atoms with Gasteiger partial charge in [0.1, 0.15) is 0 Å². The van der Waals surface area contributed by atoms with Gasteiger partial charge in [0.2, 0.25) is 5.91 Å². The van der Waals surface area contributed by atoms with Crippen molar-refractivity contribution in [3.8, 4) is 12.3 Å². The maximum Gasteiger partial charge on any atom is 0.224 e. The van der Waals surface area contributed by atoms with Crippen LogP contribution in [-0.2, 0) is 4.79 Å². The Bertz CT molecular complexity index is 625. The predicted octanol–water partition coefficient (Wildman–Crippen LogP) is 3.80. The summed E-state index contributed by atoms with van der Waals surface area (Å²) in [6.07, 6.45) is 5.79. The van der Waals surface area contributed by atoms with Gasteiger partial charge in [0.15, 0.2) is 0 Å². The summed E-state index contributed by atoms with van der Waals surface area (Å²) in [4.78, 5) is 12.0. The average Bonchev–Trinajstić information content (AvgIpc) is 2.48. The number of rotatable bonds is 4. The number of nitrogens with one attached hydrogen (secondary N) is 1. The molecule has 20 heavy (non-hydrogen) atoms. The SMILES string of the molecule is C#Cc1cccc(NC(=O)CC(C)c2ccccc2)c1. The number of amides is 1. The van der Waals surface area contributed by atoms with Crippen molar-refractivity contribution >= 4 is 11.6 Å². The van der Waals surface area contributed by atoms with Crippen molar-refractivity contribution in [1.82, 2.24) is 0 Å². The van der Waals surface area contributed by atoms with Crippen LogP contribution in [0.2, 0.25) is 0 Å². The topological polar surface area (TPSA) is 29.1 Å². The van der Waals surface area contributed by atoms with Gasteiger partial charge in [0.25, 0.3) is 0 Å². The summed E-state index contributed by atoms with van der Waals surface area (Å²) in [5, 5.41) is 2.88. The number of carbonyl (C=O) groups is 1. The van der Waals surface area contributed by atoms with Gasteiger partial charge >= 0.3 is 0 Å². The fourth-order valence-electron chi connectivity index (χ4n) is 2.08. The van der Waals surface area contributed by atoms with E-state index in [0.29, 0.717) is 6.42 Å². The molecule has 0 bridgehead atoms. The first-order valence-electron chi connectivity index (χ1n) is 6.60. The van der Waals surface area contributed by atoms with Crippen molar-refractivity contribution in [3.63, 3.8) is 0 Å². The fraction of sp³-hybridized carbons (Fsp3) is 0.167. The highest BCUT2D eigenvalue weighted by Crippen LogP contribution is 2.19. The van der Waals surface area contributed by atoms with Crippen LogP contribution in [-0.4, -0.2) is 5.91 Å². The Hall–Kier alpha value is -2.53. The minimum Gasteiger partial charge on any atom is -0.326 e. The largest absolute Gasteiger partial charge is 0.326 e. The number of terminal acetylenes is 1. The molecule has 2 aromatic rings. The summed E-state index contributed by atoms with van der Waals surface area (Å²) in [6.45, 7) is 2.05. The van der Waals surface area contributed by atoms with Crippen LogP contribution in [0, 0.1) is 12.3 Å². The van der Waals surface area contributed by atoms with Gasteiger partial charge in [-0.15, -0.1) is 6.42 Å². The summed E-state index contributed by atoms with van der Waals surface area (Å²) in [7, 11) is 0. The Labute approximate surface area is 119 Å². The lowest BCUT2D eigenvalue weighted by Crippen LogP contribution is -2.14. The number of anilines is 1. The van der Waals surface area contributed by atoms with Gasteiger partial charge in [-0.25, -0.2) is 0 Å². The molecule has 2 aromatic carbocycles. The van der Waals surface area contributed by atoms with Crippen molar-refractivity contribution in [1.29, 1.82) is 0 Å². The zero-order chi connectivity index (χ0) is 14.4. The normalized spacial score (nSPS) is 11.4. The van der Waals surface area contributed by atoms with E-state index in [1.807, 2.05) is 55.5 Å². The number of hydrogen-bond donors (Lipinski definition) is 1. The number of hydrogen-bond acceptors (Lipinski definition) is 1. The van der Waals surface area contributed by atoms with Gasteiger partial charge in [-0.3, -0.25) is 4.79 Å². The zero-order valence-corrected chi connectivity index (χ0v) is 11.5. The molecule has 2 nitrogen and oxygen atoms in total. The zero-order valence-electron chi connectivity index (χ0n) is 11.5. The molecule has 0 aliphatic carbocycles. The molecule has 1 atom stereocenters. The molecule has 0 heterocycles. The average molecular weight is 263 g/mol. The first kappa shape index (κ1) is 13.9. The highest BCUT2D eigenvalue weighted by atomic mass is 16.1. The van der Waals surface area contributed by atoms with Crippen LogP contribution in [0.3, 0.4) is 0 Å². The van der Waals surface area contributed by atoms with Crippen LogP contribution in [0.5, 0.6) is 0 Å². The van der Waals surface area contributed by atoms with Crippen LogP contribution in [0.15, 0.2) is 54.6 Å². The lowest BCUT2D eigenvalue weighted by Gasteiger charge is -2.12. The van der Waals surface area contributed by atoms with Gasteiger partial charge in [-0.2, -0.15) is 0 Å². The van der Waals surface area contributed by atoms with Gasteiger partial charge in [0, 0.05) is 17.7 Å². The summed E-state index contributed by atoms with van der Waals surface area (Å²) in [6, 6.07) is 17.3. The van der Waals surface area contributed by atoms with Crippen LogP contribution < -0.4 is 5.32 Å². The van der Waals surface area contributed by atoms with E-state index in [1.165, 1.54) is 5.56 Å². The summed E-state index contributed by atoms with van der Waals surface area (Å²) < 4.78 is 0. The molecular weight excluding hydrogens is 246 g/mol. The number of benzene rings is 2. The van der Waals surface area contributed by atoms with E-state index in [-0.39, 0.29) is 11.8 Å². The smallest absolute Gasteiger partial charge is 0.224 e. The monoisotopic (exact) mass is 263 g/mol. The number of carbonyl (C=O) groups excluding carboxylic acids is 1. The summed E-state index contributed by atoms with van der Waals surface area (Å²) >= 11 is 0. The molecule has 0 aromatic heterocycles. The van der Waals surface area contributed by atoms with Crippen LogP contribution in [0.1, 0.15) is 30.4 Å². The second-order valence-electron chi connectivity index (χ2n) is 4.79. The standard InChI is InChI=1S/C18H17NO/c1-3-15-8-7-11-17(13-15)19-18(20)12-14(2)16-9-5-4-6-10-16/h1,4-11,13-14H,12H2,2H3,(H,19,20). The van der Waals surface area contributed by atoms with Gasteiger partial charge in [-0.1, -0.05) is 49.2 Å². The van der Waals surface area contributed by atoms with E-state index >= 15 is 0 Å². The molecular formula is C18H17NO. The van der Waals surface area contributed by atoms with Crippen molar-refractivity contribution < 1.29 is 4.79 Å². The van der Waals surface area contributed by atoms with E-state index in [2.05, 4.69) is 11.2 Å². The maximum atomic E-state index is 12.0. The molecule has 0 saturated carbocycles. The van der Waals surface area contributed by atoms with Crippen LogP contribution >= 0.6 is 0 Å². The second-order valence-corrected chi connectivity index (χ2v) is 4.79. The van der Waals surface area contributed by atoms with Crippen LogP contribution in [0.25, 0.3) is 0 Å². The van der Waals surface area contributed by atoms with E-state index in [9.17, 15) is 4.79 Å². The molecule has 0 spiro atoms. The van der Waals surface area contributed by atoms with Crippen molar-refractivity contribution in [2.75, 3.05) is 5.32 Å². The molecule has 0 radical (unpaired) electrons. The molecule has 2 heteroatoms. The lowest BCUT2D eigenvalue weighted by atomic mass is 9.97. The minimum atomic E-state index is -0.00414. The highest BCUT2D eigenvalue weighted by molar-refractivity contribution is 5.91. The predicted molar refractivity (Wildman–Crippen MR) is 82.5 cm³/mol. The third-order valence-electron chi connectivity index (χ3n) is 3.17.